The van der Waals surface area contributed by atoms with E-state index < -0.39 is 42.1 Å². The summed E-state index contributed by atoms with van der Waals surface area (Å²) in [6.07, 6.45) is 3.73. The zero-order chi connectivity index (χ0) is 29.1. The van der Waals surface area contributed by atoms with Crippen LogP contribution in [0.5, 0.6) is 5.75 Å². The maximum absolute atomic E-state index is 13.2. The molecule has 0 saturated heterocycles. The Labute approximate surface area is 227 Å². The molecule has 6 N–H and O–H groups in total. The number of nitrogens with zero attached hydrogens (tertiary/aromatic N) is 1. The first-order valence-corrected chi connectivity index (χ1v) is 13.0. The Hall–Kier alpha value is -3.93. The third kappa shape index (κ3) is 10.0. The maximum atomic E-state index is 13.2. The van der Waals surface area contributed by atoms with Gasteiger partial charge in [0.1, 0.15) is 30.1 Å². The molecule has 12 heteroatoms. The zero-order valence-electron chi connectivity index (χ0n) is 22.4. The molecular formula is C27H38N4O8. The van der Waals surface area contributed by atoms with Crippen LogP contribution >= 0.6 is 0 Å². The predicted octanol–water partition coefficient (Wildman–Crippen LogP) is 0.427. The fourth-order valence-corrected chi connectivity index (χ4v) is 3.98. The van der Waals surface area contributed by atoms with Crippen molar-refractivity contribution in [2.24, 2.45) is 5.92 Å². The summed E-state index contributed by atoms with van der Waals surface area (Å²) in [6.45, 7) is 5.08. The fraction of sp³-hybridized carbons (Fsp3) is 0.519. The van der Waals surface area contributed by atoms with E-state index in [0.29, 0.717) is 31.4 Å². The quantitative estimate of drug-likeness (QED) is 0.171. The van der Waals surface area contributed by atoms with Crippen molar-refractivity contribution in [2.75, 3.05) is 6.54 Å². The van der Waals surface area contributed by atoms with E-state index in [4.69, 9.17) is 5.11 Å². The topological polar surface area (TPSA) is 185 Å². The molecule has 1 unspecified atom stereocenters. The van der Waals surface area contributed by atoms with Crippen LogP contribution in [0.1, 0.15) is 52.0 Å². The molecule has 1 aromatic rings. The number of aromatic hydroxyl groups is 1. The Balaban J connectivity index is 1.99. The van der Waals surface area contributed by atoms with Gasteiger partial charge >= 0.3 is 5.97 Å². The molecule has 0 bridgehead atoms. The summed E-state index contributed by atoms with van der Waals surface area (Å²) >= 11 is 0. The van der Waals surface area contributed by atoms with E-state index in [1.165, 1.54) is 36.1 Å². The number of hydrogen-bond donors (Lipinski definition) is 6. The lowest BCUT2D eigenvalue weighted by molar-refractivity contribution is -0.142. The maximum Gasteiger partial charge on any atom is 0.325 e. The highest BCUT2D eigenvalue weighted by Gasteiger charge is 2.30. The number of unbranched alkanes of at least 4 members (excludes halogenated alkanes) is 2. The highest BCUT2D eigenvalue weighted by Crippen LogP contribution is 2.14. The molecule has 0 saturated carbocycles. The molecule has 39 heavy (non-hydrogen) atoms. The van der Waals surface area contributed by atoms with Crippen LogP contribution in [0, 0.1) is 5.92 Å². The minimum Gasteiger partial charge on any atom is -0.508 e. The van der Waals surface area contributed by atoms with Gasteiger partial charge in [0.2, 0.25) is 23.6 Å². The predicted molar refractivity (Wildman–Crippen MR) is 141 cm³/mol. The number of phenolic OH excluding ortho intramolecular Hbond substituents is 1. The molecule has 0 aromatic heterocycles. The number of rotatable bonds is 15. The SMILES string of the molecule is CC(C)[C@H](NC(=O)[C@H](Cc1ccc(O)cc1)NC(=O)CCCCCN1C(=O)C=CC1O)C(=O)N[C@@H](C)C(=O)O. The van der Waals surface area contributed by atoms with Crippen LogP contribution in [0.4, 0.5) is 0 Å². The number of carboxylic acid groups (broad SMARTS) is 1. The van der Waals surface area contributed by atoms with Crippen molar-refractivity contribution in [3.05, 3.63) is 42.0 Å². The first-order chi connectivity index (χ1) is 18.4. The summed E-state index contributed by atoms with van der Waals surface area (Å²) in [7, 11) is 0. The normalized spacial score (nSPS) is 17.0. The van der Waals surface area contributed by atoms with E-state index in [1.54, 1.807) is 26.0 Å². The third-order valence-electron chi connectivity index (χ3n) is 6.32. The molecule has 1 heterocycles. The number of aliphatic carboxylic acids is 1. The lowest BCUT2D eigenvalue weighted by Gasteiger charge is -2.26. The molecule has 214 valence electrons. The highest BCUT2D eigenvalue weighted by atomic mass is 16.4. The van der Waals surface area contributed by atoms with Crippen LogP contribution in [-0.2, 0) is 30.4 Å². The lowest BCUT2D eigenvalue weighted by Crippen LogP contribution is -2.57. The zero-order valence-corrected chi connectivity index (χ0v) is 22.4. The van der Waals surface area contributed by atoms with Gasteiger partial charge in [-0.2, -0.15) is 0 Å². The molecule has 1 aliphatic rings. The van der Waals surface area contributed by atoms with Gasteiger partial charge in [0.15, 0.2) is 0 Å². The summed E-state index contributed by atoms with van der Waals surface area (Å²) in [4.78, 5) is 62.7. The lowest BCUT2D eigenvalue weighted by atomic mass is 10.0. The van der Waals surface area contributed by atoms with E-state index in [2.05, 4.69) is 16.0 Å². The number of carboxylic acids is 1. The molecule has 1 aliphatic heterocycles. The van der Waals surface area contributed by atoms with Crippen molar-refractivity contribution in [1.82, 2.24) is 20.9 Å². The van der Waals surface area contributed by atoms with Crippen molar-refractivity contribution in [3.8, 4) is 5.75 Å². The molecular weight excluding hydrogens is 508 g/mol. The molecule has 2 rings (SSSR count). The van der Waals surface area contributed by atoms with Crippen LogP contribution in [0.15, 0.2) is 36.4 Å². The summed E-state index contributed by atoms with van der Waals surface area (Å²) in [5.74, 6) is -3.42. The Bertz CT molecular complexity index is 1060. The van der Waals surface area contributed by atoms with Crippen LogP contribution in [0.2, 0.25) is 0 Å². The van der Waals surface area contributed by atoms with Crippen molar-refractivity contribution < 1.29 is 39.3 Å². The Morgan fingerprint density at radius 2 is 1.62 bits per heavy atom. The number of phenols is 1. The second kappa shape index (κ2) is 14.9. The number of aliphatic hydroxyl groups is 1. The largest absolute Gasteiger partial charge is 0.508 e. The minimum absolute atomic E-state index is 0.0480. The summed E-state index contributed by atoms with van der Waals surface area (Å²) < 4.78 is 0. The van der Waals surface area contributed by atoms with Crippen molar-refractivity contribution in [1.29, 1.82) is 0 Å². The highest BCUT2D eigenvalue weighted by molar-refractivity contribution is 5.93. The molecule has 0 fully saturated rings. The number of aliphatic hydroxyl groups excluding tert-OH is 1. The Kier molecular flexibility index (Phi) is 11.9. The second-order valence-electron chi connectivity index (χ2n) is 9.90. The van der Waals surface area contributed by atoms with Crippen LogP contribution in [0.25, 0.3) is 0 Å². The molecule has 0 aliphatic carbocycles. The van der Waals surface area contributed by atoms with Gasteiger partial charge in [0, 0.05) is 25.5 Å². The van der Waals surface area contributed by atoms with Gasteiger partial charge in [-0.05, 0) is 49.5 Å². The van der Waals surface area contributed by atoms with Gasteiger partial charge in [0.25, 0.3) is 0 Å². The van der Waals surface area contributed by atoms with E-state index in [1.807, 2.05) is 0 Å². The van der Waals surface area contributed by atoms with E-state index in [9.17, 15) is 34.2 Å². The van der Waals surface area contributed by atoms with E-state index in [-0.39, 0.29) is 36.3 Å². The Morgan fingerprint density at radius 3 is 2.18 bits per heavy atom. The molecule has 12 nitrogen and oxygen atoms in total. The van der Waals surface area contributed by atoms with Gasteiger partial charge in [-0.1, -0.05) is 32.4 Å². The van der Waals surface area contributed by atoms with Crippen molar-refractivity contribution in [3.63, 3.8) is 0 Å². The number of carbonyl (C=O) groups is 5. The van der Waals surface area contributed by atoms with E-state index in [0.717, 1.165) is 0 Å². The summed E-state index contributed by atoms with van der Waals surface area (Å²) in [6, 6.07) is 2.94. The van der Waals surface area contributed by atoms with Gasteiger partial charge in [-0.15, -0.1) is 0 Å². The van der Waals surface area contributed by atoms with Gasteiger partial charge in [-0.3, -0.25) is 24.0 Å². The molecule has 4 atom stereocenters. The summed E-state index contributed by atoms with van der Waals surface area (Å²) in [5.41, 5.74) is 0.667. The number of amides is 4. The second-order valence-corrected chi connectivity index (χ2v) is 9.90. The monoisotopic (exact) mass is 546 g/mol. The molecule has 0 radical (unpaired) electrons. The smallest absolute Gasteiger partial charge is 0.325 e. The average molecular weight is 547 g/mol. The van der Waals surface area contributed by atoms with Crippen molar-refractivity contribution >= 4 is 29.6 Å². The minimum atomic E-state index is -1.21. The molecule has 4 amide bonds. The third-order valence-corrected chi connectivity index (χ3v) is 6.32. The average Bonchev–Trinajstić information content (AvgIpc) is 3.19. The summed E-state index contributed by atoms with van der Waals surface area (Å²) in [5, 5.41) is 36.1. The number of benzene rings is 1. The first-order valence-electron chi connectivity index (χ1n) is 13.0. The van der Waals surface area contributed by atoms with Crippen molar-refractivity contribution in [2.45, 2.75) is 77.2 Å². The molecule has 0 spiro atoms. The van der Waals surface area contributed by atoms with E-state index >= 15 is 0 Å². The van der Waals surface area contributed by atoms with Crippen LogP contribution in [-0.4, -0.2) is 80.7 Å². The van der Waals surface area contributed by atoms with Crippen LogP contribution < -0.4 is 16.0 Å². The first kappa shape index (κ1) is 31.3. The number of carbonyl (C=O) groups excluding carboxylic acids is 4. The van der Waals surface area contributed by atoms with Gasteiger partial charge in [-0.25, -0.2) is 0 Å². The Morgan fingerprint density at radius 1 is 0.949 bits per heavy atom. The number of nitrogens with one attached hydrogen (secondary N) is 3. The van der Waals surface area contributed by atoms with Gasteiger partial charge < -0.3 is 36.2 Å². The standard InChI is InChI=1S/C27H38N4O8/c1-16(2)24(26(37)28-17(3)27(38)39)30-25(36)20(15-18-8-10-19(32)11-9-18)29-21(33)7-5-4-6-14-31-22(34)12-13-23(31)35/h8-13,16-17,20,22,24,32,34H,4-7,14-15H2,1-3H3,(H,28,37)(H,29,33)(H,30,36)(H,38,39)/t17-,20-,22?,24-/m0/s1. The molecule has 1 aromatic carbocycles. The fourth-order valence-electron chi connectivity index (χ4n) is 3.98. The van der Waals surface area contributed by atoms with Gasteiger partial charge in [0.05, 0.1) is 0 Å². The number of hydrogen-bond acceptors (Lipinski definition) is 7. The van der Waals surface area contributed by atoms with Crippen LogP contribution in [0.3, 0.4) is 0 Å².